The highest BCUT2D eigenvalue weighted by molar-refractivity contribution is 7.10. The number of halogens is 2. The molecule has 25 heavy (non-hydrogen) atoms. The maximum atomic E-state index is 13.8. The summed E-state index contributed by atoms with van der Waals surface area (Å²) in [7, 11) is 0. The van der Waals surface area contributed by atoms with Gasteiger partial charge in [-0.2, -0.15) is 5.10 Å². The molecule has 0 unspecified atom stereocenters. The number of benzene rings is 1. The minimum absolute atomic E-state index is 0.00322. The number of amides is 1. The van der Waals surface area contributed by atoms with Gasteiger partial charge in [-0.05, 0) is 31.2 Å². The first-order valence-electron chi connectivity index (χ1n) is 7.38. The summed E-state index contributed by atoms with van der Waals surface area (Å²) < 4.78 is 28.6. The maximum absolute atomic E-state index is 13.8. The van der Waals surface area contributed by atoms with Gasteiger partial charge in [0.05, 0.1) is 12.7 Å². The fourth-order valence-corrected chi connectivity index (χ4v) is 2.74. The first kappa shape index (κ1) is 17.0. The lowest BCUT2D eigenvalue weighted by Gasteiger charge is -2.10. The number of hydrogen-bond acceptors (Lipinski definition) is 4. The van der Waals surface area contributed by atoms with Gasteiger partial charge in [-0.3, -0.25) is 4.79 Å². The lowest BCUT2D eigenvalue weighted by molar-refractivity contribution is -0.111. The number of thiazole rings is 1. The molecule has 3 rings (SSSR count). The molecular weight excluding hydrogens is 346 g/mol. The lowest BCUT2D eigenvalue weighted by Crippen LogP contribution is -2.15. The Kier molecular flexibility index (Phi) is 4.99. The van der Waals surface area contributed by atoms with E-state index in [1.165, 1.54) is 22.1 Å². The van der Waals surface area contributed by atoms with Gasteiger partial charge in [-0.15, -0.1) is 11.3 Å². The molecule has 0 aliphatic rings. The Hall–Kier alpha value is -2.87. The van der Waals surface area contributed by atoms with Crippen molar-refractivity contribution in [3.63, 3.8) is 0 Å². The van der Waals surface area contributed by atoms with Crippen LogP contribution in [0.3, 0.4) is 0 Å². The van der Waals surface area contributed by atoms with Gasteiger partial charge in [0.25, 0.3) is 0 Å². The second-order valence-corrected chi connectivity index (χ2v) is 6.19. The Balaban J connectivity index is 1.77. The third-order valence-electron chi connectivity index (χ3n) is 3.42. The van der Waals surface area contributed by atoms with Crippen LogP contribution in [0.15, 0.2) is 42.0 Å². The summed E-state index contributed by atoms with van der Waals surface area (Å²) in [4.78, 5) is 16.1. The van der Waals surface area contributed by atoms with Gasteiger partial charge in [0, 0.05) is 28.8 Å². The van der Waals surface area contributed by atoms with E-state index in [2.05, 4.69) is 15.4 Å². The minimum Gasteiger partial charge on any atom is -0.307 e. The molecule has 0 aliphatic heterocycles. The predicted octanol–water partition coefficient (Wildman–Crippen LogP) is 3.63. The monoisotopic (exact) mass is 360 g/mol. The zero-order valence-electron chi connectivity index (χ0n) is 13.2. The largest absolute Gasteiger partial charge is 0.307 e. The van der Waals surface area contributed by atoms with Gasteiger partial charge < -0.3 is 5.32 Å². The van der Waals surface area contributed by atoms with Gasteiger partial charge in [-0.1, -0.05) is 0 Å². The number of aryl methyl sites for hydroxylation is 1. The average molecular weight is 360 g/mol. The SMILES string of the molecule is Cc1cnn(Cc2cc(F)ccc2F)c1NC(=O)C=Cc1nccs1. The van der Waals surface area contributed by atoms with E-state index in [9.17, 15) is 13.6 Å². The third-order valence-corrected chi connectivity index (χ3v) is 4.16. The molecule has 0 atom stereocenters. The molecule has 1 N–H and O–H groups in total. The van der Waals surface area contributed by atoms with Crippen LogP contribution in [0.2, 0.25) is 0 Å². The van der Waals surface area contributed by atoms with Gasteiger partial charge in [0.2, 0.25) is 5.91 Å². The van der Waals surface area contributed by atoms with Crippen LogP contribution in [0, 0.1) is 18.6 Å². The Morgan fingerprint density at radius 3 is 3.00 bits per heavy atom. The van der Waals surface area contributed by atoms with Crippen LogP contribution in [0.1, 0.15) is 16.1 Å². The Morgan fingerprint density at radius 1 is 1.40 bits per heavy atom. The Labute approximate surface area is 146 Å². The van der Waals surface area contributed by atoms with Crippen molar-refractivity contribution in [3.05, 3.63) is 69.8 Å². The molecule has 1 amide bonds. The van der Waals surface area contributed by atoms with E-state index in [0.717, 1.165) is 18.2 Å². The van der Waals surface area contributed by atoms with E-state index in [0.29, 0.717) is 16.4 Å². The fraction of sp³-hybridized carbons (Fsp3) is 0.118. The molecule has 5 nitrogen and oxygen atoms in total. The van der Waals surface area contributed by atoms with E-state index < -0.39 is 11.6 Å². The Bertz CT molecular complexity index is 919. The molecule has 0 saturated carbocycles. The van der Waals surface area contributed by atoms with Gasteiger partial charge in [0.15, 0.2) is 0 Å². The lowest BCUT2D eigenvalue weighted by atomic mass is 10.2. The van der Waals surface area contributed by atoms with Crippen LogP contribution in [0.25, 0.3) is 6.08 Å². The molecule has 8 heteroatoms. The Morgan fingerprint density at radius 2 is 2.24 bits per heavy atom. The zero-order valence-corrected chi connectivity index (χ0v) is 14.1. The van der Waals surface area contributed by atoms with Crippen molar-refractivity contribution in [1.29, 1.82) is 0 Å². The van der Waals surface area contributed by atoms with Gasteiger partial charge in [0.1, 0.15) is 22.5 Å². The fourth-order valence-electron chi connectivity index (χ4n) is 2.21. The summed E-state index contributed by atoms with van der Waals surface area (Å²) >= 11 is 1.41. The van der Waals surface area contributed by atoms with Crippen molar-refractivity contribution in [2.24, 2.45) is 0 Å². The van der Waals surface area contributed by atoms with Crippen LogP contribution >= 0.6 is 11.3 Å². The molecule has 0 spiro atoms. The minimum atomic E-state index is -0.532. The van der Waals surface area contributed by atoms with E-state index in [1.54, 1.807) is 25.4 Å². The van der Waals surface area contributed by atoms with Gasteiger partial charge in [-0.25, -0.2) is 18.4 Å². The molecule has 2 aromatic heterocycles. The third kappa shape index (κ3) is 4.16. The molecule has 0 radical (unpaired) electrons. The summed E-state index contributed by atoms with van der Waals surface area (Å²) in [6.45, 7) is 1.77. The average Bonchev–Trinajstić information content (AvgIpc) is 3.21. The molecule has 128 valence electrons. The van der Waals surface area contributed by atoms with Crippen LogP contribution in [-0.2, 0) is 11.3 Å². The van der Waals surface area contributed by atoms with Gasteiger partial charge >= 0.3 is 0 Å². The summed E-state index contributed by atoms with van der Waals surface area (Å²) in [5.41, 5.74) is 0.865. The number of aromatic nitrogens is 3. The van der Waals surface area contributed by atoms with Crippen molar-refractivity contribution in [2.75, 3.05) is 5.32 Å². The maximum Gasteiger partial charge on any atom is 0.249 e. The molecular formula is C17H14F2N4OS. The summed E-state index contributed by atoms with van der Waals surface area (Å²) in [6, 6.07) is 3.23. The van der Waals surface area contributed by atoms with E-state index >= 15 is 0 Å². The van der Waals surface area contributed by atoms with Crippen molar-refractivity contribution in [1.82, 2.24) is 14.8 Å². The van der Waals surface area contributed by atoms with Crippen molar-refractivity contribution < 1.29 is 13.6 Å². The van der Waals surface area contributed by atoms with Crippen LogP contribution in [0.4, 0.5) is 14.6 Å². The number of carbonyl (C=O) groups is 1. The summed E-state index contributed by atoms with van der Waals surface area (Å²) in [5, 5.41) is 9.35. The second kappa shape index (κ2) is 7.35. The molecule has 0 bridgehead atoms. The van der Waals surface area contributed by atoms with E-state index in [1.807, 2.05) is 5.38 Å². The number of nitrogens with one attached hydrogen (secondary N) is 1. The smallest absolute Gasteiger partial charge is 0.249 e. The number of carbonyl (C=O) groups excluding carboxylic acids is 1. The normalized spacial score (nSPS) is 11.2. The number of rotatable bonds is 5. The highest BCUT2D eigenvalue weighted by atomic mass is 32.1. The molecule has 1 aromatic carbocycles. The quantitative estimate of drug-likeness (QED) is 0.707. The zero-order chi connectivity index (χ0) is 17.8. The number of hydrogen-bond donors (Lipinski definition) is 1. The predicted molar refractivity (Wildman–Crippen MR) is 92.2 cm³/mol. The highest BCUT2D eigenvalue weighted by Crippen LogP contribution is 2.18. The summed E-state index contributed by atoms with van der Waals surface area (Å²) in [6.07, 6.45) is 6.16. The molecule has 0 saturated heterocycles. The molecule has 0 fully saturated rings. The van der Waals surface area contributed by atoms with Crippen molar-refractivity contribution in [3.8, 4) is 0 Å². The first-order valence-corrected chi connectivity index (χ1v) is 8.26. The first-order chi connectivity index (χ1) is 12.0. The van der Waals surface area contributed by atoms with Crippen molar-refractivity contribution in [2.45, 2.75) is 13.5 Å². The standard InChI is InChI=1S/C17H14F2N4OS/c1-11-9-21-23(10-12-8-13(18)2-3-14(12)19)17(11)22-15(24)4-5-16-20-6-7-25-16/h2-9H,10H2,1H3,(H,22,24). The van der Waals surface area contributed by atoms with E-state index in [-0.39, 0.29) is 18.0 Å². The van der Waals surface area contributed by atoms with Crippen molar-refractivity contribution >= 4 is 29.1 Å². The van der Waals surface area contributed by atoms with Crippen LogP contribution in [0.5, 0.6) is 0 Å². The molecule has 0 aliphatic carbocycles. The van der Waals surface area contributed by atoms with Crippen LogP contribution < -0.4 is 5.32 Å². The summed E-state index contributed by atoms with van der Waals surface area (Å²) in [5.74, 6) is -0.995. The van der Waals surface area contributed by atoms with E-state index in [4.69, 9.17) is 0 Å². The highest BCUT2D eigenvalue weighted by Gasteiger charge is 2.12. The molecule has 3 aromatic rings. The second-order valence-electron chi connectivity index (χ2n) is 5.26. The topological polar surface area (TPSA) is 59.8 Å². The number of anilines is 1. The number of nitrogens with zero attached hydrogens (tertiary/aromatic N) is 3. The van der Waals surface area contributed by atoms with Crippen LogP contribution in [-0.4, -0.2) is 20.7 Å². The molecule has 2 heterocycles.